The lowest BCUT2D eigenvalue weighted by molar-refractivity contribution is -0.131. The SMILES string of the molecule is Cc1nc(N(C)C)nc2c1COC[C@]21CCN(C(=O)C2CC2)C1. The Labute approximate surface area is 136 Å². The van der Waals surface area contributed by atoms with Crippen LogP contribution in [0.25, 0.3) is 0 Å². The fraction of sp³-hybridized carbons (Fsp3) is 0.706. The monoisotopic (exact) mass is 316 g/mol. The second kappa shape index (κ2) is 5.16. The van der Waals surface area contributed by atoms with Crippen LogP contribution < -0.4 is 4.90 Å². The molecule has 3 heterocycles. The van der Waals surface area contributed by atoms with Crippen LogP contribution in [0, 0.1) is 12.8 Å². The van der Waals surface area contributed by atoms with Gasteiger partial charge in [-0.2, -0.15) is 0 Å². The molecule has 1 aromatic heterocycles. The number of rotatable bonds is 2. The second-order valence-corrected chi connectivity index (χ2v) is 7.39. The lowest BCUT2D eigenvalue weighted by atomic mass is 9.80. The molecule has 0 aromatic carbocycles. The summed E-state index contributed by atoms with van der Waals surface area (Å²) < 4.78 is 5.89. The van der Waals surface area contributed by atoms with Crippen LogP contribution in [0.1, 0.15) is 36.2 Å². The number of ether oxygens (including phenoxy) is 1. The standard InChI is InChI=1S/C17H24N4O2/c1-11-13-8-23-10-17(14(13)19-16(18-11)20(2)3)6-7-21(9-17)15(22)12-4-5-12/h12H,4-10H2,1-3H3/t17-/m1/s1. The molecule has 6 nitrogen and oxygen atoms in total. The van der Waals surface area contributed by atoms with Gasteiger partial charge in [0.25, 0.3) is 0 Å². The Balaban J connectivity index is 1.71. The van der Waals surface area contributed by atoms with E-state index in [1.807, 2.05) is 30.8 Å². The van der Waals surface area contributed by atoms with Gasteiger partial charge in [0.05, 0.1) is 24.3 Å². The number of aryl methyl sites for hydroxylation is 1. The Morgan fingerprint density at radius 1 is 1.35 bits per heavy atom. The summed E-state index contributed by atoms with van der Waals surface area (Å²) in [5, 5.41) is 0. The van der Waals surface area contributed by atoms with Crippen molar-refractivity contribution in [2.24, 2.45) is 5.92 Å². The summed E-state index contributed by atoms with van der Waals surface area (Å²) in [6, 6.07) is 0. The Bertz CT molecular complexity index is 656. The van der Waals surface area contributed by atoms with Crippen molar-refractivity contribution in [2.45, 2.75) is 38.2 Å². The van der Waals surface area contributed by atoms with Gasteiger partial charge in [0.15, 0.2) is 0 Å². The topological polar surface area (TPSA) is 58.6 Å². The van der Waals surface area contributed by atoms with E-state index < -0.39 is 0 Å². The lowest BCUT2D eigenvalue weighted by Crippen LogP contribution is -2.42. The maximum atomic E-state index is 12.4. The van der Waals surface area contributed by atoms with Crippen molar-refractivity contribution in [3.63, 3.8) is 0 Å². The Hall–Kier alpha value is -1.69. The molecule has 2 aliphatic heterocycles. The first-order valence-corrected chi connectivity index (χ1v) is 8.42. The minimum atomic E-state index is -0.156. The molecule has 3 aliphatic rings. The molecule has 1 aromatic rings. The largest absolute Gasteiger partial charge is 0.376 e. The third kappa shape index (κ3) is 2.40. The molecular formula is C17H24N4O2. The van der Waals surface area contributed by atoms with Gasteiger partial charge in [-0.05, 0) is 26.2 Å². The van der Waals surface area contributed by atoms with E-state index in [4.69, 9.17) is 9.72 Å². The Morgan fingerprint density at radius 3 is 2.83 bits per heavy atom. The van der Waals surface area contributed by atoms with Gasteiger partial charge in [0.2, 0.25) is 11.9 Å². The molecule has 0 unspecified atom stereocenters. The molecule has 0 bridgehead atoms. The van der Waals surface area contributed by atoms with E-state index >= 15 is 0 Å². The maximum Gasteiger partial charge on any atom is 0.225 e. The van der Waals surface area contributed by atoms with Crippen molar-refractivity contribution in [1.82, 2.24) is 14.9 Å². The van der Waals surface area contributed by atoms with E-state index in [2.05, 4.69) is 4.98 Å². The summed E-state index contributed by atoms with van der Waals surface area (Å²) in [5.74, 6) is 1.35. The summed E-state index contributed by atoms with van der Waals surface area (Å²) in [6.07, 6.45) is 3.05. The zero-order valence-corrected chi connectivity index (χ0v) is 14.1. The van der Waals surface area contributed by atoms with Crippen LogP contribution in [0.5, 0.6) is 0 Å². The van der Waals surface area contributed by atoms with E-state index in [-0.39, 0.29) is 11.3 Å². The molecule has 1 aliphatic carbocycles. The molecule has 1 atom stereocenters. The van der Waals surface area contributed by atoms with Gasteiger partial charge in [-0.25, -0.2) is 9.97 Å². The van der Waals surface area contributed by atoms with Gasteiger partial charge in [-0.3, -0.25) is 4.79 Å². The van der Waals surface area contributed by atoms with Crippen molar-refractivity contribution in [2.75, 3.05) is 38.7 Å². The minimum absolute atomic E-state index is 0.156. The predicted octanol–water partition coefficient (Wildman–Crippen LogP) is 1.26. The molecule has 124 valence electrons. The summed E-state index contributed by atoms with van der Waals surface area (Å²) >= 11 is 0. The van der Waals surface area contributed by atoms with Crippen molar-refractivity contribution in [3.05, 3.63) is 17.0 Å². The average molecular weight is 316 g/mol. The quantitative estimate of drug-likeness (QED) is 0.822. The lowest BCUT2D eigenvalue weighted by Gasteiger charge is -2.35. The van der Waals surface area contributed by atoms with Gasteiger partial charge in [0.1, 0.15) is 0 Å². The van der Waals surface area contributed by atoms with Gasteiger partial charge < -0.3 is 14.5 Å². The average Bonchev–Trinajstić information content (AvgIpc) is 3.29. The fourth-order valence-corrected chi connectivity index (χ4v) is 3.77. The number of aromatic nitrogens is 2. The minimum Gasteiger partial charge on any atom is -0.376 e. The van der Waals surface area contributed by atoms with Gasteiger partial charge in [-0.1, -0.05) is 0 Å². The Morgan fingerprint density at radius 2 is 2.13 bits per heavy atom. The van der Waals surface area contributed by atoms with Gasteiger partial charge in [-0.15, -0.1) is 0 Å². The molecule has 0 N–H and O–H groups in total. The molecule has 2 fully saturated rings. The van der Waals surface area contributed by atoms with E-state index in [1.165, 1.54) is 0 Å². The van der Waals surface area contributed by atoms with Crippen LogP contribution in [0.3, 0.4) is 0 Å². The molecule has 0 radical (unpaired) electrons. The van der Waals surface area contributed by atoms with Crippen LogP contribution >= 0.6 is 0 Å². The van der Waals surface area contributed by atoms with Crippen molar-refractivity contribution >= 4 is 11.9 Å². The van der Waals surface area contributed by atoms with Crippen LogP contribution in [-0.2, 0) is 21.6 Å². The number of carbonyl (C=O) groups excluding carboxylic acids is 1. The fourth-order valence-electron chi connectivity index (χ4n) is 3.77. The van der Waals surface area contributed by atoms with Crippen LogP contribution in [-0.4, -0.2) is 54.6 Å². The molecule has 23 heavy (non-hydrogen) atoms. The highest BCUT2D eigenvalue weighted by Crippen LogP contribution is 2.42. The summed E-state index contributed by atoms with van der Waals surface area (Å²) in [6.45, 7) is 4.81. The molecule has 1 amide bonds. The number of hydrogen-bond acceptors (Lipinski definition) is 5. The third-order valence-electron chi connectivity index (χ3n) is 5.32. The number of hydrogen-bond donors (Lipinski definition) is 0. The molecule has 4 rings (SSSR count). The first-order chi connectivity index (χ1) is 11.0. The Kier molecular flexibility index (Phi) is 3.34. The first-order valence-electron chi connectivity index (χ1n) is 8.42. The van der Waals surface area contributed by atoms with E-state index in [9.17, 15) is 4.79 Å². The smallest absolute Gasteiger partial charge is 0.225 e. The molecule has 6 heteroatoms. The highest BCUT2D eigenvalue weighted by atomic mass is 16.5. The molecular weight excluding hydrogens is 292 g/mol. The van der Waals surface area contributed by atoms with Crippen molar-refractivity contribution < 1.29 is 9.53 Å². The zero-order chi connectivity index (χ0) is 16.2. The number of carbonyl (C=O) groups is 1. The maximum absolute atomic E-state index is 12.4. The van der Waals surface area contributed by atoms with Crippen molar-refractivity contribution in [3.8, 4) is 0 Å². The first kappa shape index (κ1) is 14.9. The number of anilines is 1. The predicted molar refractivity (Wildman–Crippen MR) is 86.4 cm³/mol. The molecule has 1 saturated carbocycles. The highest BCUT2D eigenvalue weighted by Gasteiger charge is 2.48. The van der Waals surface area contributed by atoms with Crippen LogP contribution in [0.4, 0.5) is 5.95 Å². The number of likely N-dealkylation sites (tertiary alicyclic amines) is 1. The number of fused-ring (bicyclic) bond motifs is 2. The van der Waals surface area contributed by atoms with Crippen molar-refractivity contribution in [1.29, 1.82) is 0 Å². The summed E-state index contributed by atoms with van der Waals surface area (Å²) in [4.78, 5) is 25.9. The summed E-state index contributed by atoms with van der Waals surface area (Å²) in [5.41, 5.74) is 3.05. The normalized spacial score (nSPS) is 26.5. The van der Waals surface area contributed by atoms with Crippen LogP contribution in [0.2, 0.25) is 0 Å². The van der Waals surface area contributed by atoms with E-state index in [1.54, 1.807) is 0 Å². The molecule has 1 spiro atoms. The zero-order valence-electron chi connectivity index (χ0n) is 14.1. The van der Waals surface area contributed by atoms with Crippen LogP contribution in [0.15, 0.2) is 0 Å². The summed E-state index contributed by atoms with van der Waals surface area (Å²) in [7, 11) is 3.93. The highest BCUT2D eigenvalue weighted by molar-refractivity contribution is 5.81. The van der Waals surface area contributed by atoms with E-state index in [0.29, 0.717) is 19.1 Å². The van der Waals surface area contributed by atoms with E-state index in [0.717, 1.165) is 55.3 Å². The third-order valence-corrected chi connectivity index (χ3v) is 5.32. The number of amides is 1. The second-order valence-electron chi connectivity index (χ2n) is 7.39. The number of nitrogens with zero attached hydrogens (tertiary/aromatic N) is 4. The molecule has 1 saturated heterocycles. The van der Waals surface area contributed by atoms with Gasteiger partial charge >= 0.3 is 0 Å². The van der Waals surface area contributed by atoms with Gasteiger partial charge in [0, 0.05) is 44.4 Å².